The van der Waals surface area contributed by atoms with Gasteiger partial charge >= 0.3 is 0 Å². The third kappa shape index (κ3) is 5.53. The molecule has 0 radical (unpaired) electrons. The van der Waals surface area contributed by atoms with Gasteiger partial charge in [0, 0.05) is 17.3 Å². The average Bonchev–Trinajstić information content (AvgIpc) is 2.68. The van der Waals surface area contributed by atoms with E-state index in [4.69, 9.17) is 0 Å². The lowest BCUT2D eigenvalue weighted by molar-refractivity contribution is 0.0859. The van der Waals surface area contributed by atoms with Crippen molar-refractivity contribution in [3.63, 3.8) is 0 Å². The van der Waals surface area contributed by atoms with E-state index in [1.807, 2.05) is 0 Å². The Kier molecular flexibility index (Phi) is 6.92. The Morgan fingerprint density at radius 3 is 2.10 bits per heavy atom. The van der Waals surface area contributed by atoms with Crippen LogP contribution < -0.4 is 10.0 Å². The molecule has 2 saturated carbocycles. The van der Waals surface area contributed by atoms with Crippen molar-refractivity contribution in [2.24, 2.45) is 11.8 Å². The van der Waals surface area contributed by atoms with Crippen molar-refractivity contribution in [1.82, 2.24) is 5.32 Å². The van der Waals surface area contributed by atoms with Gasteiger partial charge in [0.1, 0.15) is 0 Å². The number of carbonyl (C=O) groups excluding carboxylic acids is 1. The van der Waals surface area contributed by atoms with E-state index >= 15 is 0 Å². The second-order valence-electron chi connectivity index (χ2n) is 9.72. The predicted molar refractivity (Wildman–Crippen MR) is 119 cm³/mol. The van der Waals surface area contributed by atoms with Gasteiger partial charge in [0.15, 0.2) is 0 Å². The first-order chi connectivity index (χ1) is 13.7. The van der Waals surface area contributed by atoms with Crippen molar-refractivity contribution in [1.29, 1.82) is 0 Å². The first kappa shape index (κ1) is 22.1. The predicted octanol–water partition coefficient (Wildman–Crippen LogP) is 5.10. The first-order valence-corrected chi connectivity index (χ1v) is 12.6. The highest BCUT2D eigenvalue weighted by atomic mass is 32.2. The van der Waals surface area contributed by atoms with Gasteiger partial charge in [-0.1, -0.05) is 44.9 Å². The topological polar surface area (TPSA) is 75.3 Å². The summed E-state index contributed by atoms with van der Waals surface area (Å²) in [6, 6.07) is 7.00. The van der Waals surface area contributed by atoms with Crippen LogP contribution in [0.1, 0.15) is 88.9 Å². The molecule has 2 unspecified atom stereocenters. The number of benzene rings is 1. The number of carbonyl (C=O) groups is 1. The number of nitrogens with one attached hydrogen (secondary N) is 2. The number of anilines is 1. The summed E-state index contributed by atoms with van der Waals surface area (Å²) in [5.41, 5.74) is 1.06. The van der Waals surface area contributed by atoms with E-state index < -0.39 is 14.8 Å². The number of hydrogen-bond acceptors (Lipinski definition) is 3. The molecule has 3 rings (SSSR count). The Morgan fingerprint density at radius 1 is 0.897 bits per heavy atom. The van der Waals surface area contributed by atoms with Gasteiger partial charge in [-0.15, -0.1) is 0 Å². The van der Waals surface area contributed by atoms with E-state index in [1.165, 1.54) is 51.4 Å². The highest BCUT2D eigenvalue weighted by Gasteiger charge is 2.33. The third-order valence-electron chi connectivity index (χ3n) is 6.60. The standard InChI is InChI=1S/C23H36N2O3S/c1-23(2,3)29(27,28)25-19-15-13-18(14-16-19)22(26)24-21-12-8-7-11-20(21)17-9-5-4-6-10-17/h13-17,20-21,25H,4-12H2,1-3H3,(H,24,26). The summed E-state index contributed by atoms with van der Waals surface area (Å²) in [6.07, 6.45) is 11.4. The molecule has 5 nitrogen and oxygen atoms in total. The maximum atomic E-state index is 12.8. The van der Waals surface area contributed by atoms with Crippen LogP contribution in [0.5, 0.6) is 0 Å². The van der Waals surface area contributed by atoms with Gasteiger partial charge in [-0.25, -0.2) is 8.42 Å². The number of amides is 1. The molecule has 1 aromatic rings. The molecule has 2 atom stereocenters. The van der Waals surface area contributed by atoms with E-state index in [0.29, 0.717) is 17.2 Å². The summed E-state index contributed by atoms with van der Waals surface area (Å²) in [5, 5.41) is 3.30. The van der Waals surface area contributed by atoms with Gasteiger partial charge in [-0.2, -0.15) is 0 Å². The Morgan fingerprint density at radius 2 is 1.48 bits per heavy atom. The van der Waals surface area contributed by atoms with Crippen LogP contribution in [-0.2, 0) is 10.0 Å². The lowest BCUT2D eigenvalue weighted by atomic mass is 9.71. The van der Waals surface area contributed by atoms with Crippen LogP contribution in [0.3, 0.4) is 0 Å². The SMILES string of the molecule is CC(C)(C)S(=O)(=O)Nc1ccc(C(=O)NC2CCCCC2C2CCCCC2)cc1. The maximum absolute atomic E-state index is 12.8. The molecule has 1 amide bonds. The molecule has 0 aliphatic heterocycles. The second kappa shape index (κ2) is 9.07. The molecule has 2 N–H and O–H groups in total. The molecular formula is C23H36N2O3S. The fraction of sp³-hybridized carbons (Fsp3) is 0.696. The molecule has 0 saturated heterocycles. The molecule has 2 aliphatic carbocycles. The zero-order valence-electron chi connectivity index (χ0n) is 18.0. The Hall–Kier alpha value is -1.56. The van der Waals surface area contributed by atoms with Gasteiger partial charge < -0.3 is 5.32 Å². The summed E-state index contributed by atoms with van der Waals surface area (Å²) < 4.78 is 26.3. The minimum atomic E-state index is -3.48. The zero-order valence-corrected chi connectivity index (χ0v) is 18.9. The fourth-order valence-electron chi connectivity index (χ4n) is 4.71. The highest BCUT2D eigenvalue weighted by Crippen LogP contribution is 2.38. The van der Waals surface area contributed by atoms with Gasteiger partial charge in [-0.05, 0) is 69.7 Å². The van der Waals surface area contributed by atoms with Gasteiger partial charge in [0.25, 0.3) is 5.91 Å². The normalized spacial score (nSPS) is 24.1. The second-order valence-corrected chi connectivity index (χ2v) is 12.2. The van der Waals surface area contributed by atoms with E-state index in [2.05, 4.69) is 10.0 Å². The monoisotopic (exact) mass is 420 g/mol. The van der Waals surface area contributed by atoms with Crippen molar-refractivity contribution < 1.29 is 13.2 Å². The molecule has 6 heteroatoms. The Labute approximate surface area is 176 Å². The Bertz CT molecular complexity index is 790. The van der Waals surface area contributed by atoms with E-state index in [9.17, 15) is 13.2 Å². The number of hydrogen-bond donors (Lipinski definition) is 2. The minimum absolute atomic E-state index is 0.0528. The van der Waals surface area contributed by atoms with E-state index in [1.54, 1.807) is 45.0 Å². The molecule has 0 bridgehead atoms. The average molecular weight is 421 g/mol. The largest absolute Gasteiger partial charge is 0.349 e. The molecule has 29 heavy (non-hydrogen) atoms. The third-order valence-corrected chi connectivity index (χ3v) is 8.71. The quantitative estimate of drug-likeness (QED) is 0.696. The zero-order chi connectivity index (χ0) is 21.1. The van der Waals surface area contributed by atoms with Crippen LogP contribution >= 0.6 is 0 Å². The molecule has 1 aromatic carbocycles. The summed E-state index contributed by atoms with van der Waals surface area (Å²) in [6.45, 7) is 4.97. The summed E-state index contributed by atoms with van der Waals surface area (Å²) in [7, 11) is -3.48. The van der Waals surface area contributed by atoms with Crippen LogP contribution in [0.2, 0.25) is 0 Å². The molecule has 0 aromatic heterocycles. The summed E-state index contributed by atoms with van der Waals surface area (Å²) in [5.74, 6) is 1.30. The molecule has 0 spiro atoms. The van der Waals surface area contributed by atoms with Crippen molar-refractivity contribution in [3.05, 3.63) is 29.8 Å². The number of rotatable bonds is 5. The summed E-state index contributed by atoms with van der Waals surface area (Å²) in [4.78, 5) is 12.8. The van der Waals surface area contributed by atoms with Crippen molar-refractivity contribution >= 4 is 21.6 Å². The van der Waals surface area contributed by atoms with Crippen LogP contribution in [-0.4, -0.2) is 25.1 Å². The highest BCUT2D eigenvalue weighted by molar-refractivity contribution is 7.94. The molecule has 2 aliphatic rings. The van der Waals surface area contributed by atoms with Gasteiger partial charge in [0.05, 0.1) is 4.75 Å². The lowest BCUT2D eigenvalue weighted by Crippen LogP contribution is -2.45. The first-order valence-electron chi connectivity index (χ1n) is 11.1. The summed E-state index contributed by atoms with van der Waals surface area (Å²) >= 11 is 0. The van der Waals surface area contributed by atoms with Crippen molar-refractivity contribution in [2.45, 2.75) is 89.3 Å². The van der Waals surface area contributed by atoms with Crippen molar-refractivity contribution in [2.75, 3.05) is 4.72 Å². The molecule has 162 valence electrons. The molecule has 2 fully saturated rings. The van der Waals surface area contributed by atoms with Crippen LogP contribution in [0.25, 0.3) is 0 Å². The van der Waals surface area contributed by atoms with E-state index in [-0.39, 0.29) is 11.9 Å². The maximum Gasteiger partial charge on any atom is 0.251 e. The van der Waals surface area contributed by atoms with Gasteiger partial charge in [-0.3, -0.25) is 9.52 Å². The number of sulfonamides is 1. The fourth-order valence-corrected chi connectivity index (χ4v) is 5.47. The van der Waals surface area contributed by atoms with Crippen LogP contribution in [0, 0.1) is 11.8 Å². The molecule has 0 heterocycles. The van der Waals surface area contributed by atoms with Gasteiger partial charge in [0.2, 0.25) is 10.0 Å². The van der Waals surface area contributed by atoms with Crippen molar-refractivity contribution in [3.8, 4) is 0 Å². The van der Waals surface area contributed by atoms with Crippen LogP contribution in [0.4, 0.5) is 5.69 Å². The van der Waals surface area contributed by atoms with E-state index in [0.717, 1.165) is 12.3 Å². The Balaban J connectivity index is 1.64. The smallest absolute Gasteiger partial charge is 0.251 e. The molecular weight excluding hydrogens is 384 g/mol. The minimum Gasteiger partial charge on any atom is -0.349 e. The lowest BCUT2D eigenvalue weighted by Gasteiger charge is -2.39. The van der Waals surface area contributed by atoms with Crippen LogP contribution in [0.15, 0.2) is 24.3 Å².